The van der Waals surface area contributed by atoms with Crippen LogP contribution in [0, 0.1) is 0 Å². The molecule has 1 amide bonds. The van der Waals surface area contributed by atoms with E-state index in [4.69, 9.17) is 9.47 Å². The Balaban J connectivity index is 1.48. The van der Waals surface area contributed by atoms with E-state index < -0.39 is 0 Å². The molecule has 1 saturated carbocycles. The quantitative estimate of drug-likeness (QED) is 0.801. The summed E-state index contributed by atoms with van der Waals surface area (Å²) in [4.78, 5) is 16.5. The smallest absolute Gasteiger partial charge is 0.409 e. The Labute approximate surface area is 127 Å². The third-order valence-corrected chi connectivity index (χ3v) is 5.13. The molecule has 3 rings (SSSR count). The second kappa shape index (κ2) is 7.45. The maximum Gasteiger partial charge on any atom is 0.409 e. The first kappa shape index (κ1) is 15.1. The second-order valence-corrected chi connectivity index (χ2v) is 6.50. The lowest BCUT2D eigenvalue weighted by atomic mass is 9.99. The summed E-state index contributed by atoms with van der Waals surface area (Å²) in [6, 6.07) is 1.17. The summed E-state index contributed by atoms with van der Waals surface area (Å²) < 4.78 is 10.9. The second-order valence-electron chi connectivity index (χ2n) is 6.50. The van der Waals surface area contributed by atoms with Crippen LogP contribution in [0.5, 0.6) is 0 Å². The topological polar surface area (TPSA) is 42.0 Å². The summed E-state index contributed by atoms with van der Waals surface area (Å²) in [7, 11) is 0. The summed E-state index contributed by atoms with van der Waals surface area (Å²) in [6.45, 7) is 4.34. The number of hydrogen-bond donors (Lipinski definition) is 0. The van der Waals surface area contributed by atoms with Crippen LogP contribution in [0.15, 0.2) is 0 Å². The Kier molecular flexibility index (Phi) is 5.36. The molecule has 0 aromatic heterocycles. The Morgan fingerprint density at radius 3 is 2.48 bits per heavy atom. The largest absolute Gasteiger partial charge is 0.448 e. The predicted molar refractivity (Wildman–Crippen MR) is 80.3 cm³/mol. The van der Waals surface area contributed by atoms with Gasteiger partial charge in [0, 0.05) is 25.2 Å². The van der Waals surface area contributed by atoms with Gasteiger partial charge in [-0.3, -0.25) is 4.90 Å². The molecule has 1 atom stereocenters. The van der Waals surface area contributed by atoms with Crippen LogP contribution >= 0.6 is 0 Å². The normalized spacial score (nSPS) is 28.8. The zero-order valence-electron chi connectivity index (χ0n) is 13.0. The van der Waals surface area contributed by atoms with E-state index >= 15 is 0 Å². The highest BCUT2D eigenvalue weighted by atomic mass is 16.6. The first-order valence-electron chi connectivity index (χ1n) is 8.60. The van der Waals surface area contributed by atoms with Crippen molar-refractivity contribution < 1.29 is 14.3 Å². The molecule has 1 aliphatic carbocycles. The molecule has 0 bridgehead atoms. The monoisotopic (exact) mass is 296 g/mol. The molecule has 2 saturated heterocycles. The molecular formula is C16H28N2O3. The van der Waals surface area contributed by atoms with Crippen molar-refractivity contribution in [3.05, 3.63) is 0 Å². The van der Waals surface area contributed by atoms with E-state index in [1.807, 2.05) is 0 Å². The van der Waals surface area contributed by atoms with Crippen LogP contribution in [0.1, 0.15) is 44.9 Å². The summed E-state index contributed by atoms with van der Waals surface area (Å²) in [6.07, 6.45) is 8.96. The Morgan fingerprint density at radius 1 is 1.00 bits per heavy atom. The summed E-state index contributed by atoms with van der Waals surface area (Å²) in [5.74, 6) is 0. The molecule has 21 heavy (non-hydrogen) atoms. The summed E-state index contributed by atoms with van der Waals surface area (Å²) in [5.41, 5.74) is 0. The first-order chi connectivity index (χ1) is 10.3. The number of likely N-dealkylation sites (tertiary alicyclic amines) is 1. The van der Waals surface area contributed by atoms with Crippen LogP contribution in [-0.2, 0) is 9.47 Å². The number of carbonyl (C=O) groups excluding carboxylic acids is 1. The van der Waals surface area contributed by atoms with Crippen LogP contribution in [0.25, 0.3) is 0 Å². The molecule has 2 aliphatic heterocycles. The van der Waals surface area contributed by atoms with Crippen LogP contribution < -0.4 is 0 Å². The van der Waals surface area contributed by atoms with Crippen LogP contribution in [-0.4, -0.2) is 67.4 Å². The number of nitrogens with zero attached hydrogens (tertiary/aromatic N) is 2. The lowest BCUT2D eigenvalue weighted by molar-refractivity contribution is 0.00581. The summed E-state index contributed by atoms with van der Waals surface area (Å²) >= 11 is 0. The van der Waals surface area contributed by atoms with E-state index in [2.05, 4.69) is 4.90 Å². The van der Waals surface area contributed by atoms with Gasteiger partial charge in [0.05, 0.1) is 13.2 Å². The molecule has 5 nitrogen and oxygen atoms in total. The molecule has 0 aromatic carbocycles. The van der Waals surface area contributed by atoms with Crippen molar-refractivity contribution in [3.8, 4) is 0 Å². The highest BCUT2D eigenvalue weighted by Crippen LogP contribution is 2.29. The van der Waals surface area contributed by atoms with Gasteiger partial charge in [-0.05, 0) is 32.2 Å². The molecule has 3 fully saturated rings. The number of morpholine rings is 1. The predicted octanol–water partition coefficient (Wildman–Crippen LogP) is 2.25. The first-order valence-corrected chi connectivity index (χ1v) is 8.60. The zero-order chi connectivity index (χ0) is 14.5. The highest BCUT2D eigenvalue weighted by Gasteiger charge is 2.31. The molecule has 5 heteroatoms. The lowest BCUT2D eigenvalue weighted by Crippen LogP contribution is -2.49. The van der Waals surface area contributed by atoms with Crippen molar-refractivity contribution in [1.29, 1.82) is 0 Å². The molecule has 0 N–H and O–H groups in total. The van der Waals surface area contributed by atoms with Crippen molar-refractivity contribution in [1.82, 2.24) is 9.80 Å². The molecule has 120 valence electrons. The number of ether oxygens (including phenoxy) is 2. The Morgan fingerprint density at radius 2 is 1.71 bits per heavy atom. The maximum atomic E-state index is 12.1. The fourth-order valence-corrected chi connectivity index (χ4v) is 3.92. The molecule has 0 aromatic rings. The average molecular weight is 296 g/mol. The van der Waals surface area contributed by atoms with Crippen molar-refractivity contribution in [2.45, 2.75) is 57.0 Å². The number of hydrogen-bond acceptors (Lipinski definition) is 4. The van der Waals surface area contributed by atoms with Crippen molar-refractivity contribution >= 4 is 6.09 Å². The minimum absolute atomic E-state index is 0.157. The Bertz CT molecular complexity index is 338. The van der Waals surface area contributed by atoms with Crippen molar-refractivity contribution in [2.75, 3.05) is 39.5 Å². The minimum atomic E-state index is -0.157. The van der Waals surface area contributed by atoms with E-state index in [0.29, 0.717) is 39.0 Å². The van der Waals surface area contributed by atoms with Crippen LogP contribution in [0.3, 0.4) is 0 Å². The molecule has 2 heterocycles. The van der Waals surface area contributed by atoms with Gasteiger partial charge in [0.15, 0.2) is 0 Å². The third-order valence-electron chi connectivity index (χ3n) is 5.13. The SMILES string of the molecule is O=C(OCC1CCCCN1C1CCCC1)N1CCOCC1. The van der Waals surface area contributed by atoms with Crippen LogP contribution in [0.2, 0.25) is 0 Å². The number of carbonyl (C=O) groups is 1. The van der Waals surface area contributed by atoms with Crippen molar-refractivity contribution in [2.24, 2.45) is 0 Å². The van der Waals surface area contributed by atoms with Gasteiger partial charge in [0.2, 0.25) is 0 Å². The minimum Gasteiger partial charge on any atom is -0.448 e. The van der Waals surface area contributed by atoms with E-state index in [1.54, 1.807) is 4.90 Å². The van der Waals surface area contributed by atoms with Gasteiger partial charge in [0.1, 0.15) is 6.61 Å². The van der Waals surface area contributed by atoms with Gasteiger partial charge in [-0.15, -0.1) is 0 Å². The number of amides is 1. The molecule has 0 spiro atoms. The van der Waals surface area contributed by atoms with Gasteiger partial charge in [0.25, 0.3) is 0 Å². The van der Waals surface area contributed by atoms with Gasteiger partial charge in [-0.1, -0.05) is 19.3 Å². The standard InChI is InChI=1S/C16H28N2O3/c19-16(17-9-11-20-12-10-17)21-13-15-7-3-4-8-18(15)14-5-1-2-6-14/h14-15H,1-13H2. The highest BCUT2D eigenvalue weighted by molar-refractivity contribution is 5.67. The zero-order valence-corrected chi connectivity index (χ0v) is 13.0. The van der Waals surface area contributed by atoms with Gasteiger partial charge < -0.3 is 14.4 Å². The van der Waals surface area contributed by atoms with Gasteiger partial charge >= 0.3 is 6.09 Å². The maximum absolute atomic E-state index is 12.1. The molecule has 1 unspecified atom stereocenters. The fourth-order valence-electron chi connectivity index (χ4n) is 3.92. The van der Waals surface area contributed by atoms with Gasteiger partial charge in [-0.2, -0.15) is 0 Å². The third kappa shape index (κ3) is 3.89. The average Bonchev–Trinajstić information content (AvgIpc) is 3.08. The van der Waals surface area contributed by atoms with Gasteiger partial charge in [-0.25, -0.2) is 4.79 Å². The summed E-state index contributed by atoms with van der Waals surface area (Å²) in [5, 5.41) is 0. The van der Waals surface area contributed by atoms with Crippen LogP contribution in [0.4, 0.5) is 4.79 Å². The molecule has 3 aliphatic rings. The molecule has 0 radical (unpaired) electrons. The van der Waals surface area contributed by atoms with E-state index in [1.165, 1.54) is 51.5 Å². The van der Waals surface area contributed by atoms with E-state index in [9.17, 15) is 4.79 Å². The number of piperidine rings is 1. The lowest BCUT2D eigenvalue weighted by Gasteiger charge is -2.39. The number of rotatable bonds is 3. The Hall–Kier alpha value is -0.810. The van der Waals surface area contributed by atoms with E-state index in [0.717, 1.165) is 6.04 Å². The van der Waals surface area contributed by atoms with Crippen molar-refractivity contribution in [3.63, 3.8) is 0 Å². The fraction of sp³-hybridized carbons (Fsp3) is 0.938. The van der Waals surface area contributed by atoms with E-state index in [-0.39, 0.29) is 6.09 Å². The molecular weight excluding hydrogens is 268 g/mol.